The average Bonchev–Trinajstić information content (AvgIpc) is 3.15. The molecule has 1 heterocycles. The third-order valence-corrected chi connectivity index (χ3v) is 4.38. The van der Waals surface area contributed by atoms with Crippen LogP contribution in [0.5, 0.6) is 0 Å². The van der Waals surface area contributed by atoms with Gasteiger partial charge in [-0.2, -0.15) is 13.2 Å². The first-order chi connectivity index (χ1) is 9.55. The lowest BCUT2D eigenvalue weighted by Gasteiger charge is -2.19. The van der Waals surface area contributed by atoms with Gasteiger partial charge in [-0.25, -0.2) is 0 Å². The fraction of sp³-hybridized carbons (Fsp3) is 0.385. The highest BCUT2D eigenvalue weighted by molar-refractivity contribution is 7.99. The number of benzene rings is 1. The van der Waals surface area contributed by atoms with Crippen molar-refractivity contribution in [3.05, 3.63) is 42.2 Å². The highest BCUT2D eigenvalue weighted by atomic mass is 32.2. The Balaban J connectivity index is 1.89. The maximum atomic E-state index is 13.3. The zero-order valence-electron chi connectivity index (χ0n) is 10.4. The molecule has 0 unspecified atom stereocenters. The van der Waals surface area contributed by atoms with Crippen LogP contribution in [0.3, 0.4) is 0 Å². The molecule has 0 spiro atoms. The van der Waals surface area contributed by atoms with Crippen molar-refractivity contribution in [3.8, 4) is 0 Å². The predicted molar refractivity (Wildman–Crippen MR) is 69.4 cm³/mol. The third kappa shape index (κ3) is 2.82. The van der Waals surface area contributed by atoms with E-state index in [0.717, 1.165) is 12.8 Å². The van der Waals surface area contributed by atoms with E-state index in [1.165, 1.54) is 18.5 Å². The van der Waals surface area contributed by atoms with Gasteiger partial charge < -0.3 is 4.57 Å². The Hall–Kier alpha value is -1.50. The molecule has 0 radical (unpaired) electrons. The fourth-order valence-corrected chi connectivity index (χ4v) is 3.03. The van der Waals surface area contributed by atoms with Gasteiger partial charge in [-0.05, 0) is 18.4 Å². The molecule has 20 heavy (non-hydrogen) atoms. The molecule has 0 bridgehead atoms. The molecule has 1 aromatic carbocycles. The Morgan fingerprint density at radius 1 is 1.20 bits per heavy atom. The Morgan fingerprint density at radius 3 is 2.50 bits per heavy atom. The van der Waals surface area contributed by atoms with Crippen molar-refractivity contribution < 1.29 is 13.2 Å². The summed E-state index contributed by atoms with van der Waals surface area (Å²) >= 11 is 0.715. The van der Waals surface area contributed by atoms with Crippen LogP contribution in [0.2, 0.25) is 0 Å². The van der Waals surface area contributed by atoms with Gasteiger partial charge in [0.2, 0.25) is 0 Å². The quantitative estimate of drug-likeness (QED) is 0.799. The van der Waals surface area contributed by atoms with Crippen molar-refractivity contribution in [2.75, 3.05) is 0 Å². The first-order valence-corrected chi connectivity index (χ1v) is 7.11. The monoisotopic (exact) mass is 299 g/mol. The molecule has 3 rings (SSSR count). The second-order valence-corrected chi connectivity index (χ2v) is 5.77. The van der Waals surface area contributed by atoms with E-state index in [1.54, 1.807) is 22.8 Å². The molecule has 1 aromatic heterocycles. The molecule has 1 aliphatic rings. The average molecular weight is 299 g/mol. The van der Waals surface area contributed by atoms with Gasteiger partial charge in [0, 0.05) is 6.04 Å². The van der Waals surface area contributed by atoms with Crippen LogP contribution in [-0.2, 0) is 0 Å². The van der Waals surface area contributed by atoms with Crippen molar-refractivity contribution >= 4 is 11.8 Å². The Labute approximate surface area is 118 Å². The van der Waals surface area contributed by atoms with E-state index in [9.17, 15) is 13.2 Å². The number of halogens is 3. The molecule has 3 nitrogen and oxygen atoms in total. The van der Waals surface area contributed by atoms with Gasteiger partial charge in [0.25, 0.3) is 0 Å². The summed E-state index contributed by atoms with van der Waals surface area (Å²) in [5.74, 6) is 0. The molecule has 0 amide bonds. The molecule has 0 N–H and O–H groups in total. The van der Waals surface area contributed by atoms with Crippen LogP contribution in [0, 0.1) is 0 Å². The number of thioether (sulfide) groups is 1. The standard InChI is InChI=1S/C13H12F3N3S/c14-13(15,16)11(9-4-2-1-3-5-9)20-12-18-17-8-19(12)10-6-7-10/h1-5,8,10-11H,6-7H2/t11-/m1/s1. The van der Waals surface area contributed by atoms with Crippen LogP contribution < -0.4 is 0 Å². The van der Waals surface area contributed by atoms with Gasteiger partial charge in [-0.1, -0.05) is 42.1 Å². The van der Waals surface area contributed by atoms with Crippen molar-refractivity contribution in [2.24, 2.45) is 0 Å². The van der Waals surface area contributed by atoms with E-state index in [0.29, 0.717) is 16.9 Å². The summed E-state index contributed by atoms with van der Waals surface area (Å²) in [6.07, 6.45) is -0.855. The summed E-state index contributed by atoms with van der Waals surface area (Å²) in [4.78, 5) is 0. The minimum atomic E-state index is -4.33. The SMILES string of the molecule is FC(F)(F)[C@H](Sc1nncn1C1CC1)c1ccccc1. The smallest absolute Gasteiger partial charge is 0.306 e. The highest BCUT2D eigenvalue weighted by Gasteiger charge is 2.43. The summed E-state index contributed by atoms with van der Waals surface area (Å²) in [5, 5.41) is 6.28. The lowest BCUT2D eigenvalue weighted by atomic mass is 10.1. The molecular weight excluding hydrogens is 287 g/mol. The molecule has 1 aliphatic carbocycles. The number of nitrogens with zero attached hydrogens (tertiary/aromatic N) is 3. The molecule has 0 aliphatic heterocycles. The summed E-state index contributed by atoms with van der Waals surface area (Å²) in [6, 6.07) is 8.16. The molecule has 1 fully saturated rings. The second-order valence-electron chi connectivity index (χ2n) is 4.70. The van der Waals surface area contributed by atoms with Gasteiger partial charge in [-0.3, -0.25) is 0 Å². The largest absolute Gasteiger partial charge is 0.404 e. The van der Waals surface area contributed by atoms with Crippen molar-refractivity contribution in [1.29, 1.82) is 0 Å². The first kappa shape index (κ1) is 13.5. The van der Waals surface area contributed by atoms with Crippen molar-refractivity contribution in [3.63, 3.8) is 0 Å². The van der Waals surface area contributed by atoms with Gasteiger partial charge in [0.1, 0.15) is 11.6 Å². The number of hydrogen-bond acceptors (Lipinski definition) is 3. The molecule has 106 valence electrons. The third-order valence-electron chi connectivity index (χ3n) is 3.10. The highest BCUT2D eigenvalue weighted by Crippen LogP contribution is 2.47. The minimum Gasteiger partial charge on any atom is -0.306 e. The van der Waals surface area contributed by atoms with Gasteiger partial charge >= 0.3 is 6.18 Å². The van der Waals surface area contributed by atoms with Gasteiger partial charge in [-0.15, -0.1) is 10.2 Å². The van der Waals surface area contributed by atoms with Crippen LogP contribution in [0.4, 0.5) is 13.2 Å². The Morgan fingerprint density at radius 2 is 1.90 bits per heavy atom. The summed E-state index contributed by atoms with van der Waals surface area (Å²) in [5.41, 5.74) is 0.232. The number of alkyl halides is 3. The predicted octanol–water partition coefficient (Wildman–Crippen LogP) is 4.01. The fourth-order valence-electron chi connectivity index (χ4n) is 1.98. The summed E-state index contributed by atoms with van der Waals surface area (Å²) in [7, 11) is 0. The lowest BCUT2D eigenvalue weighted by Crippen LogP contribution is -2.18. The minimum absolute atomic E-state index is 0.232. The van der Waals surface area contributed by atoms with E-state index >= 15 is 0 Å². The molecule has 2 aromatic rings. The Kier molecular flexibility index (Phi) is 3.45. The van der Waals surface area contributed by atoms with E-state index in [1.807, 2.05) is 0 Å². The zero-order valence-corrected chi connectivity index (χ0v) is 11.2. The molecule has 1 saturated carbocycles. The second kappa shape index (κ2) is 5.12. The van der Waals surface area contributed by atoms with Gasteiger partial charge in [0.05, 0.1) is 0 Å². The topological polar surface area (TPSA) is 30.7 Å². The summed E-state index contributed by atoms with van der Waals surface area (Å²) < 4.78 is 41.5. The maximum Gasteiger partial charge on any atom is 0.404 e. The zero-order chi connectivity index (χ0) is 14.2. The van der Waals surface area contributed by atoms with E-state index < -0.39 is 11.4 Å². The first-order valence-electron chi connectivity index (χ1n) is 6.23. The molecule has 7 heteroatoms. The van der Waals surface area contributed by atoms with Crippen LogP contribution in [0.25, 0.3) is 0 Å². The normalized spacial score (nSPS) is 17.1. The van der Waals surface area contributed by atoms with Crippen LogP contribution in [-0.4, -0.2) is 20.9 Å². The number of hydrogen-bond donors (Lipinski definition) is 0. The Bertz CT molecular complexity index is 578. The maximum absolute atomic E-state index is 13.3. The number of rotatable bonds is 4. The van der Waals surface area contributed by atoms with Crippen molar-refractivity contribution in [2.45, 2.75) is 35.5 Å². The van der Waals surface area contributed by atoms with Crippen LogP contribution in [0.15, 0.2) is 41.8 Å². The molecular formula is C13H12F3N3S. The van der Waals surface area contributed by atoms with Crippen molar-refractivity contribution in [1.82, 2.24) is 14.8 Å². The number of aromatic nitrogens is 3. The summed E-state index contributed by atoms with van der Waals surface area (Å²) in [6.45, 7) is 0. The molecule has 1 atom stereocenters. The molecule has 0 saturated heterocycles. The van der Waals surface area contributed by atoms with E-state index in [-0.39, 0.29) is 11.6 Å². The van der Waals surface area contributed by atoms with Gasteiger partial charge in [0.15, 0.2) is 5.16 Å². The van der Waals surface area contributed by atoms with E-state index in [4.69, 9.17) is 0 Å². The van der Waals surface area contributed by atoms with Crippen LogP contribution >= 0.6 is 11.8 Å². The lowest BCUT2D eigenvalue weighted by molar-refractivity contribution is -0.129. The van der Waals surface area contributed by atoms with E-state index in [2.05, 4.69) is 10.2 Å². The van der Waals surface area contributed by atoms with Crippen LogP contribution in [0.1, 0.15) is 29.7 Å².